The number of aromatic nitrogens is 1. The Morgan fingerprint density at radius 3 is 2.84 bits per heavy atom. The molecule has 1 amide bonds. The number of hydrogen-bond acceptors (Lipinski definition) is 7. The molecule has 0 aliphatic heterocycles. The number of ether oxygens (including phenoxy) is 1. The van der Waals surface area contributed by atoms with Crippen LogP contribution >= 0.6 is 27.3 Å². The van der Waals surface area contributed by atoms with Gasteiger partial charge in [-0.1, -0.05) is 0 Å². The van der Waals surface area contributed by atoms with Crippen molar-refractivity contribution in [2.75, 3.05) is 12.4 Å². The van der Waals surface area contributed by atoms with Crippen LogP contribution < -0.4 is 10.1 Å². The molecule has 8 nitrogen and oxygen atoms in total. The van der Waals surface area contributed by atoms with Gasteiger partial charge in [-0.3, -0.25) is 20.2 Å². The average molecular weight is 424 g/mol. The third kappa shape index (κ3) is 3.69. The molecule has 0 spiro atoms. The fourth-order valence-corrected chi connectivity index (χ4v) is 3.25. The van der Waals surface area contributed by atoms with Crippen molar-refractivity contribution in [2.45, 2.75) is 0 Å². The Balaban J connectivity index is 1.76. The quantitative estimate of drug-likeness (QED) is 0.483. The van der Waals surface area contributed by atoms with Crippen LogP contribution in [-0.2, 0) is 0 Å². The van der Waals surface area contributed by atoms with E-state index in [1.165, 1.54) is 17.4 Å². The number of halogens is 1. The van der Waals surface area contributed by atoms with Gasteiger partial charge in [-0.25, -0.2) is 4.98 Å². The number of carbonyl (C=O) groups is 1. The first-order valence-corrected chi connectivity index (χ1v) is 8.50. The molecule has 0 atom stereocenters. The summed E-state index contributed by atoms with van der Waals surface area (Å²) in [6.45, 7) is 0. The van der Waals surface area contributed by atoms with Crippen LogP contribution in [-0.4, -0.2) is 22.9 Å². The normalized spacial score (nSPS) is 10.5. The molecular formula is C15H10BrN3O5S. The predicted molar refractivity (Wildman–Crippen MR) is 95.1 cm³/mol. The molecule has 0 fully saturated rings. The molecule has 1 aromatic carbocycles. The molecule has 0 saturated carbocycles. The van der Waals surface area contributed by atoms with E-state index in [-0.39, 0.29) is 5.76 Å². The maximum atomic E-state index is 12.0. The van der Waals surface area contributed by atoms with Crippen molar-refractivity contribution >= 4 is 44.2 Å². The van der Waals surface area contributed by atoms with E-state index in [9.17, 15) is 14.9 Å². The summed E-state index contributed by atoms with van der Waals surface area (Å²) in [5, 5.41) is 15.3. The smallest absolute Gasteiger partial charge is 0.433 e. The molecule has 0 saturated heterocycles. The highest BCUT2D eigenvalue weighted by molar-refractivity contribution is 9.10. The zero-order chi connectivity index (χ0) is 18.0. The van der Waals surface area contributed by atoms with Crippen LogP contribution in [0.1, 0.15) is 10.6 Å². The number of anilines is 1. The van der Waals surface area contributed by atoms with Crippen LogP contribution in [0, 0.1) is 10.1 Å². The van der Waals surface area contributed by atoms with Crippen LogP contribution in [0.25, 0.3) is 11.3 Å². The van der Waals surface area contributed by atoms with Gasteiger partial charge in [0.25, 0.3) is 5.91 Å². The van der Waals surface area contributed by atoms with Crippen LogP contribution in [0.5, 0.6) is 5.75 Å². The summed E-state index contributed by atoms with van der Waals surface area (Å²) in [4.78, 5) is 26.3. The number of thiazole rings is 1. The van der Waals surface area contributed by atoms with E-state index in [0.717, 1.165) is 16.1 Å². The van der Waals surface area contributed by atoms with Crippen LogP contribution in [0.4, 0.5) is 11.0 Å². The molecule has 0 unspecified atom stereocenters. The molecule has 128 valence electrons. The zero-order valence-corrected chi connectivity index (χ0v) is 15.1. The molecule has 25 heavy (non-hydrogen) atoms. The number of nitro groups is 1. The van der Waals surface area contributed by atoms with Gasteiger partial charge in [-0.2, -0.15) is 0 Å². The van der Waals surface area contributed by atoms with Crippen LogP contribution in [0.2, 0.25) is 0 Å². The molecule has 0 aliphatic carbocycles. The number of furan rings is 1. The van der Waals surface area contributed by atoms with Gasteiger partial charge in [-0.05, 0) is 40.2 Å². The van der Waals surface area contributed by atoms with Crippen molar-refractivity contribution in [2.24, 2.45) is 0 Å². The second-order valence-electron chi connectivity index (χ2n) is 4.74. The van der Waals surface area contributed by atoms with Gasteiger partial charge in [0.2, 0.25) is 0 Å². The number of nitrogens with one attached hydrogen (secondary N) is 1. The van der Waals surface area contributed by atoms with Gasteiger partial charge < -0.3 is 9.15 Å². The minimum Gasteiger partial charge on any atom is -0.496 e. The van der Waals surface area contributed by atoms with Gasteiger partial charge >= 0.3 is 5.88 Å². The van der Waals surface area contributed by atoms with Crippen molar-refractivity contribution in [1.29, 1.82) is 0 Å². The Morgan fingerprint density at radius 2 is 2.20 bits per heavy atom. The van der Waals surface area contributed by atoms with Crippen molar-refractivity contribution in [1.82, 2.24) is 4.98 Å². The number of hydrogen-bond donors (Lipinski definition) is 1. The Hall–Kier alpha value is -2.72. The Labute approximate surface area is 153 Å². The van der Waals surface area contributed by atoms with Crippen LogP contribution in [0.3, 0.4) is 0 Å². The fraction of sp³-hybridized carbons (Fsp3) is 0.0667. The molecule has 2 aromatic heterocycles. The Morgan fingerprint density at radius 1 is 1.40 bits per heavy atom. The minimum absolute atomic E-state index is 0.157. The number of benzene rings is 1. The van der Waals surface area contributed by atoms with Crippen molar-refractivity contribution < 1.29 is 18.9 Å². The van der Waals surface area contributed by atoms with Crippen molar-refractivity contribution in [3.63, 3.8) is 0 Å². The van der Waals surface area contributed by atoms with E-state index in [0.29, 0.717) is 16.6 Å². The maximum absolute atomic E-state index is 12.0. The number of amides is 1. The molecule has 2 heterocycles. The maximum Gasteiger partial charge on any atom is 0.433 e. The molecule has 0 aliphatic rings. The van der Waals surface area contributed by atoms with Gasteiger partial charge in [0.1, 0.15) is 10.7 Å². The number of rotatable bonds is 5. The summed E-state index contributed by atoms with van der Waals surface area (Å²) in [5.41, 5.74) is 1.52. The van der Waals surface area contributed by atoms with Gasteiger partial charge in [0, 0.05) is 10.9 Å². The number of nitrogens with zero attached hydrogens (tertiary/aromatic N) is 2. The third-order valence-corrected chi connectivity index (χ3v) is 4.55. The molecule has 10 heteroatoms. The molecular weight excluding hydrogens is 414 g/mol. The standard InChI is InChI=1S/C15H10BrN3O5S/c1-23-11-3-2-8(6-9(11)16)10-7-25-15(17-10)18-14(20)12-4-5-13(24-12)19(21)22/h2-7H,1H3,(H,17,18,20). The lowest BCUT2D eigenvalue weighted by Gasteiger charge is -2.04. The summed E-state index contributed by atoms with van der Waals surface area (Å²) in [6, 6.07) is 7.87. The first-order valence-electron chi connectivity index (χ1n) is 6.83. The Kier molecular flexibility index (Phi) is 4.81. The summed E-state index contributed by atoms with van der Waals surface area (Å²) >= 11 is 4.64. The zero-order valence-electron chi connectivity index (χ0n) is 12.7. The minimum atomic E-state index is -0.709. The van der Waals surface area contributed by atoms with Gasteiger partial charge in [0.15, 0.2) is 10.9 Å². The van der Waals surface area contributed by atoms with Crippen LogP contribution in [0.15, 0.2) is 44.6 Å². The van der Waals surface area contributed by atoms with E-state index in [1.54, 1.807) is 18.6 Å². The molecule has 3 aromatic rings. The van der Waals surface area contributed by atoms with E-state index < -0.39 is 16.7 Å². The summed E-state index contributed by atoms with van der Waals surface area (Å²) < 4.78 is 10.8. The first kappa shape index (κ1) is 17.1. The highest BCUT2D eigenvalue weighted by Gasteiger charge is 2.18. The molecule has 0 bridgehead atoms. The first-order chi connectivity index (χ1) is 12.0. The SMILES string of the molecule is COc1ccc(-c2csc(NC(=O)c3ccc([N+](=O)[O-])o3)n2)cc1Br. The molecule has 0 radical (unpaired) electrons. The second kappa shape index (κ2) is 7.03. The van der Waals surface area contributed by atoms with Crippen molar-refractivity contribution in [3.8, 4) is 17.0 Å². The lowest BCUT2D eigenvalue weighted by molar-refractivity contribution is -0.402. The lowest BCUT2D eigenvalue weighted by atomic mass is 10.2. The van der Waals surface area contributed by atoms with E-state index in [1.807, 2.05) is 12.1 Å². The average Bonchev–Trinajstić information content (AvgIpc) is 3.24. The lowest BCUT2D eigenvalue weighted by Crippen LogP contribution is -2.10. The van der Waals surface area contributed by atoms with E-state index in [2.05, 4.69) is 26.2 Å². The largest absolute Gasteiger partial charge is 0.496 e. The monoisotopic (exact) mass is 423 g/mol. The van der Waals surface area contributed by atoms with E-state index in [4.69, 9.17) is 9.15 Å². The third-order valence-electron chi connectivity index (χ3n) is 3.17. The predicted octanol–water partition coefficient (Wildman–Crippen LogP) is 4.33. The highest BCUT2D eigenvalue weighted by Crippen LogP contribution is 2.32. The van der Waals surface area contributed by atoms with E-state index >= 15 is 0 Å². The second-order valence-corrected chi connectivity index (χ2v) is 6.45. The summed E-state index contributed by atoms with van der Waals surface area (Å²) in [6.07, 6.45) is 0. The number of methoxy groups -OCH3 is 1. The number of carbonyl (C=O) groups excluding carboxylic acids is 1. The van der Waals surface area contributed by atoms with Crippen molar-refractivity contribution in [3.05, 3.63) is 56.1 Å². The van der Waals surface area contributed by atoms with Gasteiger partial charge in [0.05, 0.1) is 23.3 Å². The van der Waals surface area contributed by atoms with Gasteiger partial charge in [-0.15, -0.1) is 11.3 Å². The Bertz CT molecular complexity index is 952. The summed E-state index contributed by atoms with van der Waals surface area (Å²) in [5.74, 6) is -0.555. The molecule has 3 rings (SSSR count). The topological polar surface area (TPSA) is 108 Å². The summed E-state index contributed by atoms with van der Waals surface area (Å²) in [7, 11) is 1.58. The fourth-order valence-electron chi connectivity index (χ4n) is 2.00. The highest BCUT2D eigenvalue weighted by atomic mass is 79.9. The molecule has 1 N–H and O–H groups in total.